The average Bonchev–Trinajstić information content (AvgIpc) is 3.73. The Balaban J connectivity index is 0.000000267. The molecular weight excluding hydrogens is 1080 g/mol. The predicted molar refractivity (Wildman–Crippen MR) is 218 cm³/mol. The molecule has 0 aromatic carbocycles. The first-order chi connectivity index (χ1) is 33.3. The molecular formula is C30H48N4O34P4. The second-order valence-electron chi connectivity index (χ2n) is 15.4. The molecule has 6 rings (SSSR count). The van der Waals surface area contributed by atoms with Gasteiger partial charge in [0.2, 0.25) is 0 Å². The summed E-state index contributed by atoms with van der Waals surface area (Å²) in [5.41, 5.74) is -3.49. The molecule has 4 saturated heterocycles. The molecule has 4 aliphatic heterocycles. The van der Waals surface area contributed by atoms with Gasteiger partial charge in [-0.1, -0.05) is 0 Å². The SMILES string of the molecule is O=c1ccn([C@@H]2O[C@H](COP(=O)(O)OP(=O)(O)O[C@H]3OC(CO)[C@@H](O)[C@H](O)C3O)[C@H](O)C2O)c(=O)[nH]1.O=c1ccn([C@@H]2O[C@H](COP(=O)(O)OP(=O)(O)O[C@H]3OC(CO)[C@H](O)[C@H](O)C3O)[C@H](O)C2O)c(=O)[nH]1. The minimum Gasteiger partial charge on any atom is -0.394 e. The highest BCUT2D eigenvalue weighted by Gasteiger charge is 2.52. The summed E-state index contributed by atoms with van der Waals surface area (Å²) < 4.78 is 96.1. The number of hydrogen-bond donors (Lipinski definition) is 18. The van der Waals surface area contributed by atoms with Gasteiger partial charge in [0.15, 0.2) is 25.0 Å². The Morgan fingerprint density at radius 1 is 0.458 bits per heavy atom. The largest absolute Gasteiger partial charge is 0.483 e. The maximum absolute atomic E-state index is 12.2. The van der Waals surface area contributed by atoms with Crippen molar-refractivity contribution in [1.29, 1.82) is 0 Å². The van der Waals surface area contributed by atoms with Gasteiger partial charge in [0.05, 0.1) is 26.4 Å². The molecule has 0 spiro atoms. The van der Waals surface area contributed by atoms with Crippen molar-refractivity contribution in [3.8, 4) is 0 Å². The number of nitrogens with one attached hydrogen (secondary N) is 2. The number of phosphoric ester groups is 4. The Labute approximate surface area is 397 Å². The maximum Gasteiger partial charge on any atom is 0.483 e. The third-order valence-electron chi connectivity index (χ3n) is 10.3. The molecule has 42 heteroatoms. The van der Waals surface area contributed by atoms with Crippen molar-refractivity contribution in [3.63, 3.8) is 0 Å². The van der Waals surface area contributed by atoms with Gasteiger partial charge < -0.3 is 99.8 Å². The van der Waals surface area contributed by atoms with Crippen LogP contribution in [0.4, 0.5) is 0 Å². The molecule has 0 saturated carbocycles. The topological polar surface area (TPSA) is 594 Å². The average molecular weight is 1130 g/mol. The van der Waals surface area contributed by atoms with Crippen molar-refractivity contribution in [3.05, 3.63) is 66.2 Å². The van der Waals surface area contributed by atoms with Gasteiger partial charge in [-0.15, -0.1) is 0 Å². The summed E-state index contributed by atoms with van der Waals surface area (Å²) >= 11 is 0. The minimum atomic E-state index is -5.59. The van der Waals surface area contributed by atoms with Gasteiger partial charge in [0.25, 0.3) is 11.1 Å². The number of nitrogens with zero attached hydrogens (tertiary/aromatic N) is 2. The highest BCUT2D eigenvalue weighted by molar-refractivity contribution is 7.61. The fourth-order valence-electron chi connectivity index (χ4n) is 6.70. The van der Waals surface area contributed by atoms with E-state index in [-0.39, 0.29) is 0 Å². The summed E-state index contributed by atoms with van der Waals surface area (Å²) in [5.74, 6) is 0. The van der Waals surface area contributed by atoms with E-state index in [4.69, 9.17) is 29.2 Å². The number of hydrogen-bond acceptors (Lipinski definition) is 30. The molecule has 0 bridgehead atoms. The summed E-state index contributed by atoms with van der Waals surface area (Å²) in [6.07, 6.45) is -30.8. The monoisotopic (exact) mass is 1130 g/mol. The summed E-state index contributed by atoms with van der Waals surface area (Å²) in [7, 11) is -22.2. The van der Waals surface area contributed by atoms with Crippen LogP contribution in [0.2, 0.25) is 0 Å². The maximum atomic E-state index is 12.2. The Kier molecular flexibility index (Phi) is 20.1. The molecule has 4 fully saturated rings. The molecule has 18 N–H and O–H groups in total. The van der Waals surface area contributed by atoms with E-state index < -0.39 is 191 Å². The Bertz CT molecular complexity index is 2420. The number of H-pyrrole nitrogens is 2. The number of ether oxygens (including phenoxy) is 4. The fourth-order valence-corrected chi connectivity index (χ4v) is 11.0. The van der Waals surface area contributed by atoms with Crippen molar-refractivity contribution in [2.24, 2.45) is 0 Å². The van der Waals surface area contributed by atoms with Crippen molar-refractivity contribution in [1.82, 2.24) is 19.1 Å². The smallest absolute Gasteiger partial charge is 0.394 e. The standard InChI is InChI=1S/2C15H24N2O17P2/c2*18-3-5-8(20)10(22)12(24)14(32-5)33-36(28,29)34-35(26,27)30-4-6-9(21)11(23)13(31-6)17-2-1-7(19)16-15(17)25/h2*1-2,5-6,8-14,18,20-24H,3-4H2,(H,26,27)(H,28,29)(H,16,19,25)/t5?,6-,8+,9+,10+,11?,12?,13-,14-;5?,6-,8-,9+,10+,11?,12?,13-,14-/m11/s1. The predicted octanol–water partition coefficient (Wildman–Crippen LogP) is -9.59. The summed E-state index contributed by atoms with van der Waals surface area (Å²) in [6.45, 7) is -3.85. The number of aliphatic hydroxyl groups excluding tert-OH is 12. The van der Waals surface area contributed by atoms with Gasteiger partial charge in [-0.2, -0.15) is 8.62 Å². The zero-order valence-corrected chi connectivity index (χ0v) is 39.3. The van der Waals surface area contributed by atoms with Crippen LogP contribution in [-0.4, -0.2) is 224 Å². The van der Waals surface area contributed by atoms with Gasteiger partial charge in [-0.25, -0.2) is 27.8 Å². The van der Waals surface area contributed by atoms with Crippen LogP contribution in [0, 0.1) is 0 Å². The molecule has 72 heavy (non-hydrogen) atoms. The number of phosphoric acid groups is 4. The number of aliphatic hydroxyl groups is 12. The highest BCUT2D eigenvalue weighted by atomic mass is 31.3. The minimum absolute atomic E-state index is 0.723. The van der Waals surface area contributed by atoms with Gasteiger partial charge in [-0.05, 0) is 0 Å². The number of aromatic amines is 2. The molecule has 2 aromatic rings. The van der Waals surface area contributed by atoms with E-state index in [2.05, 4.69) is 26.7 Å². The van der Waals surface area contributed by atoms with Crippen molar-refractivity contribution in [2.45, 2.75) is 110 Å². The molecule has 6 heterocycles. The Morgan fingerprint density at radius 2 is 0.778 bits per heavy atom. The normalized spacial score (nSPS) is 38.4. The first-order valence-corrected chi connectivity index (χ1v) is 26.0. The molecule has 38 nitrogen and oxygen atoms in total. The zero-order valence-electron chi connectivity index (χ0n) is 35.7. The summed E-state index contributed by atoms with van der Waals surface area (Å²) in [6, 6.07) is 1.86. The lowest BCUT2D eigenvalue weighted by atomic mass is 10.00. The van der Waals surface area contributed by atoms with Crippen LogP contribution in [0.1, 0.15) is 12.5 Å². The number of aromatic nitrogens is 4. The third kappa shape index (κ3) is 14.8. The molecule has 0 amide bonds. The molecule has 412 valence electrons. The third-order valence-corrected chi connectivity index (χ3v) is 15.5. The molecule has 4 aliphatic rings. The first kappa shape index (κ1) is 60.1. The highest BCUT2D eigenvalue weighted by Crippen LogP contribution is 2.62. The van der Waals surface area contributed by atoms with E-state index in [0.717, 1.165) is 33.7 Å². The Hall–Kier alpha value is -2.76. The molecule has 2 aromatic heterocycles. The second kappa shape index (κ2) is 24.1. The first-order valence-electron chi connectivity index (χ1n) is 20.0. The van der Waals surface area contributed by atoms with E-state index in [9.17, 15) is 108 Å². The van der Waals surface area contributed by atoms with Crippen LogP contribution in [0.5, 0.6) is 0 Å². The van der Waals surface area contributed by atoms with Crippen LogP contribution in [0.3, 0.4) is 0 Å². The van der Waals surface area contributed by atoms with E-state index in [1.807, 2.05) is 9.97 Å². The lowest BCUT2D eigenvalue weighted by molar-refractivity contribution is -0.280. The molecule has 0 radical (unpaired) electrons. The van der Waals surface area contributed by atoms with Gasteiger partial charge >= 0.3 is 42.7 Å². The van der Waals surface area contributed by atoms with Crippen LogP contribution in [0.25, 0.3) is 0 Å². The Morgan fingerprint density at radius 3 is 1.08 bits per heavy atom. The quantitative estimate of drug-likeness (QED) is 0.0616. The van der Waals surface area contributed by atoms with Crippen LogP contribution in [-0.2, 0) is 63.9 Å². The van der Waals surface area contributed by atoms with E-state index in [1.165, 1.54) is 0 Å². The van der Waals surface area contributed by atoms with Gasteiger partial charge in [0.1, 0.15) is 85.5 Å². The van der Waals surface area contributed by atoms with Crippen LogP contribution < -0.4 is 22.5 Å². The van der Waals surface area contributed by atoms with Gasteiger partial charge in [0, 0.05) is 24.5 Å². The zero-order chi connectivity index (χ0) is 54.0. The molecule has 10 unspecified atom stereocenters. The van der Waals surface area contributed by atoms with E-state index in [0.29, 0.717) is 0 Å². The lowest BCUT2D eigenvalue weighted by Gasteiger charge is -2.39. The van der Waals surface area contributed by atoms with Crippen LogP contribution >= 0.6 is 31.3 Å². The fraction of sp³-hybridized carbons (Fsp3) is 0.733. The van der Waals surface area contributed by atoms with Crippen LogP contribution in [0.15, 0.2) is 43.7 Å². The summed E-state index contributed by atoms with van der Waals surface area (Å²) in [4.78, 5) is 89.0. The number of rotatable bonds is 18. The van der Waals surface area contributed by atoms with Crippen molar-refractivity contribution in [2.75, 3.05) is 26.4 Å². The molecule has 22 atom stereocenters. The lowest BCUT2D eigenvalue weighted by Crippen LogP contribution is -2.58. The van der Waals surface area contributed by atoms with E-state index >= 15 is 0 Å². The van der Waals surface area contributed by atoms with E-state index in [1.54, 1.807) is 0 Å². The summed E-state index contributed by atoms with van der Waals surface area (Å²) in [5, 5.41) is 117. The van der Waals surface area contributed by atoms with Crippen molar-refractivity contribution >= 4 is 31.3 Å². The second-order valence-corrected chi connectivity index (χ2v) is 21.4. The molecule has 0 aliphatic carbocycles. The van der Waals surface area contributed by atoms with Gasteiger partial charge in [-0.3, -0.25) is 46.8 Å². The van der Waals surface area contributed by atoms with Crippen molar-refractivity contribution < 1.29 is 145 Å².